The van der Waals surface area contributed by atoms with Crippen LogP contribution in [0.2, 0.25) is 5.02 Å². The van der Waals surface area contributed by atoms with Gasteiger partial charge >= 0.3 is 6.03 Å². The number of anilines is 1. The van der Waals surface area contributed by atoms with Gasteiger partial charge in [-0.2, -0.15) is 0 Å². The smallest absolute Gasteiger partial charge is 0.322 e. The molecule has 0 unspecified atom stereocenters. The summed E-state index contributed by atoms with van der Waals surface area (Å²) >= 11 is 7.62. The molecule has 0 aliphatic rings. The SMILES string of the molecule is COCCCN(CC(=O)N(Cc1ccccc1)Cc1ccc(C)s1)C(=O)Nc1ccc(Cl)cc1. The third-order valence-corrected chi connectivity index (χ3v) is 6.43. The first-order valence-corrected chi connectivity index (χ1v) is 12.3. The van der Waals surface area contributed by atoms with Crippen molar-refractivity contribution in [2.45, 2.75) is 26.4 Å². The third kappa shape index (κ3) is 8.17. The summed E-state index contributed by atoms with van der Waals surface area (Å²) < 4.78 is 5.15. The highest BCUT2D eigenvalue weighted by atomic mass is 35.5. The average Bonchev–Trinajstić information content (AvgIpc) is 3.24. The second kappa shape index (κ2) is 13.1. The molecule has 1 N–H and O–H groups in total. The summed E-state index contributed by atoms with van der Waals surface area (Å²) in [5.41, 5.74) is 1.66. The van der Waals surface area contributed by atoms with Crippen molar-refractivity contribution >= 4 is 40.6 Å². The average molecular weight is 500 g/mol. The number of ether oxygens (including phenoxy) is 1. The number of nitrogens with one attached hydrogen (secondary N) is 1. The molecule has 2 aromatic carbocycles. The molecule has 180 valence electrons. The van der Waals surface area contributed by atoms with Crippen molar-refractivity contribution in [2.75, 3.05) is 32.1 Å². The van der Waals surface area contributed by atoms with Crippen LogP contribution in [0.1, 0.15) is 21.7 Å². The Balaban J connectivity index is 1.74. The summed E-state index contributed by atoms with van der Waals surface area (Å²) in [6, 6.07) is 20.5. The van der Waals surface area contributed by atoms with Crippen LogP contribution in [0.15, 0.2) is 66.7 Å². The minimum absolute atomic E-state index is 0.0275. The number of urea groups is 1. The molecule has 3 aromatic rings. The van der Waals surface area contributed by atoms with Gasteiger partial charge in [0.05, 0.1) is 6.54 Å². The first-order valence-electron chi connectivity index (χ1n) is 11.1. The van der Waals surface area contributed by atoms with E-state index in [2.05, 4.69) is 24.4 Å². The number of nitrogens with zero attached hydrogens (tertiary/aromatic N) is 2. The van der Waals surface area contributed by atoms with Crippen molar-refractivity contribution in [3.8, 4) is 0 Å². The number of hydrogen-bond acceptors (Lipinski definition) is 4. The Morgan fingerprint density at radius 3 is 2.35 bits per heavy atom. The van der Waals surface area contributed by atoms with Crippen molar-refractivity contribution in [2.24, 2.45) is 0 Å². The molecule has 0 aliphatic heterocycles. The van der Waals surface area contributed by atoms with E-state index in [0.717, 1.165) is 10.4 Å². The predicted octanol–water partition coefficient (Wildman–Crippen LogP) is 5.81. The Bertz CT molecular complexity index is 1060. The largest absolute Gasteiger partial charge is 0.385 e. The first kappa shape index (κ1) is 25.7. The van der Waals surface area contributed by atoms with Crippen LogP contribution in [-0.4, -0.2) is 48.5 Å². The van der Waals surface area contributed by atoms with Gasteiger partial charge in [0.15, 0.2) is 0 Å². The molecule has 1 aromatic heterocycles. The van der Waals surface area contributed by atoms with Crippen LogP contribution in [0, 0.1) is 6.92 Å². The van der Waals surface area contributed by atoms with E-state index < -0.39 is 0 Å². The van der Waals surface area contributed by atoms with Crippen LogP contribution in [0.4, 0.5) is 10.5 Å². The third-order valence-electron chi connectivity index (χ3n) is 5.20. The Kier molecular flexibility index (Phi) is 9.94. The molecule has 0 aliphatic carbocycles. The van der Waals surface area contributed by atoms with Crippen LogP contribution in [-0.2, 0) is 22.6 Å². The standard InChI is InChI=1S/C26H30ClN3O3S/c1-20-9-14-24(34-20)18-30(17-21-7-4-3-5-8-21)25(31)19-29(15-6-16-33-2)26(32)28-23-12-10-22(27)11-13-23/h3-5,7-14H,6,15-19H2,1-2H3,(H,28,32). The van der Waals surface area contributed by atoms with Gasteiger partial charge < -0.3 is 19.9 Å². The Labute approximate surface area is 210 Å². The van der Waals surface area contributed by atoms with E-state index in [4.69, 9.17) is 16.3 Å². The van der Waals surface area contributed by atoms with E-state index in [1.807, 2.05) is 30.3 Å². The quantitative estimate of drug-likeness (QED) is 0.339. The van der Waals surface area contributed by atoms with Crippen molar-refractivity contribution in [3.63, 3.8) is 0 Å². The minimum Gasteiger partial charge on any atom is -0.385 e. The molecule has 0 saturated heterocycles. The van der Waals surface area contributed by atoms with E-state index in [-0.39, 0.29) is 18.5 Å². The van der Waals surface area contributed by atoms with Gasteiger partial charge in [0.25, 0.3) is 0 Å². The second-order valence-electron chi connectivity index (χ2n) is 7.95. The molecule has 3 rings (SSSR count). The maximum absolute atomic E-state index is 13.5. The number of halogens is 1. The molecule has 8 heteroatoms. The molecule has 0 spiro atoms. The summed E-state index contributed by atoms with van der Waals surface area (Å²) in [5, 5.41) is 3.45. The fourth-order valence-electron chi connectivity index (χ4n) is 3.45. The number of methoxy groups -OCH3 is 1. The molecule has 0 fully saturated rings. The van der Waals surface area contributed by atoms with Gasteiger partial charge in [-0.15, -0.1) is 11.3 Å². The molecule has 0 bridgehead atoms. The van der Waals surface area contributed by atoms with E-state index in [9.17, 15) is 9.59 Å². The van der Waals surface area contributed by atoms with Crippen LogP contribution < -0.4 is 5.32 Å². The number of aryl methyl sites for hydroxylation is 1. The topological polar surface area (TPSA) is 61.9 Å². The fraction of sp³-hybridized carbons (Fsp3) is 0.308. The minimum atomic E-state index is -0.335. The maximum Gasteiger partial charge on any atom is 0.322 e. The Morgan fingerprint density at radius 1 is 0.971 bits per heavy atom. The number of thiophene rings is 1. The van der Waals surface area contributed by atoms with Gasteiger partial charge in [0, 0.05) is 47.3 Å². The van der Waals surface area contributed by atoms with Gasteiger partial charge in [-0.25, -0.2) is 4.79 Å². The van der Waals surface area contributed by atoms with Crippen LogP contribution in [0.25, 0.3) is 0 Å². The molecule has 0 atom stereocenters. The molecule has 6 nitrogen and oxygen atoms in total. The van der Waals surface area contributed by atoms with Gasteiger partial charge in [-0.1, -0.05) is 41.9 Å². The van der Waals surface area contributed by atoms with Crippen molar-refractivity contribution in [3.05, 3.63) is 87.1 Å². The molecular formula is C26H30ClN3O3S. The van der Waals surface area contributed by atoms with Crippen molar-refractivity contribution < 1.29 is 14.3 Å². The van der Waals surface area contributed by atoms with Gasteiger partial charge in [-0.3, -0.25) is 4.79 Å². The Morgan fingerprint density at radius 2 is 1.71 bits per heavy atom. The summed E-state index contributed by atoms with van der Waals surface area (Å²) in [7, 11) is 1.62. The first-order chi connectivity index (χ1) is 16.4. The van der Waals surface area contributed by atoms with E-state index in [1.165, 1.54) is 9.78 Å². The van der Waals surface area contributed by atoms with Crippen LogP contribution >= 0.6 is 22.9 Å². The fourth-order valence-corrected chi connectivity index (χ4v) is 4.48. The lowest BCUT2D eigenvalue weighted by molar-refractivity contribution is -0.133. The van der Waals surface area contributed by atoms with Gasteiger partial charge in [0.2, 0.25) is 5.91 Å². The molecule has 0 saturated carbocycles. The highest BCUT2D eigenvalue weighted by molar-refractivity contribution is 7.11. The van der Waals surface area contributed by atoms with E-state index in [0.29, 0.717) is 43.4 Å². The van der Waals surface area contributed by atoms with E-state index in [1.54, 1.807) is 47.6 Å². The van der Waals surface area contributed by atoms with Crippen LogP contribution in [0.5, 0.6) is 0 Å². The number of carbonyl (C=O) groups is 2. The van der Waals surface area contributed by atoms with Crippen LogP contribution in [0.3, 0.4) is 0 Å². The van der Waals surface area contributed by atoms with Crippen molar-refractivity contribution in [1.29, 1.82) is 0 Å². The summed E-state index contributed by atoms with van der Waals surface area (Å²) in [6.07, 6.45) is 0.626. The van der Waals surface area contributed by atoms with Gasteiger partial charge in [0.1, 0.15) is 6.54 Å². The van der Waals surface area contributed by atoms with Crippen molar-refractivity contribution in [1.82, 2.24) is 9.80 Å². The molecular weight excluding hydrogens is 470 g/mol. The number of rotatable bonds is 11. The summed E-state index contributed by atoms with van der Waals surface area (Å²) in [5.74, 6) is -0.112. The monoisotopic (exact) mass is 499 g/mol. The number of benzene rings is 2. The number of carbonyl (C=O) groups excluding carboxylic acids is 2. The molecule has 34 heavy (non-hydrogen) atoms. The lowest BCUT2D eigenvalue weighted by Crippen LogP contribution is -2.44. The highest BCUT2D eigenvalue weighted by Crippen LogP contribution is 2.19. The van der Waals surface area contributed by atoms with Gasteiger partial charge in [-0.05, 0) is 55.3 Å². The number of hydrogen-bond donors (Lipinski definition) is 1. The maximum atomic E-state index is 13.5. The lowest BCUT2D eigenvalue weighted by atomic mass is 10.2. The molecule has 1 heterocycles. The lowest BCUT2D eigenvalue weighted by Gasteiger charge is -2.28. The normalized spacial score (nSPS) is 10.7. The number of amides is 3. The second-order valence-corrected chi connectivity index (χ2v) is 9.76. The zero-order valence-corrected chi connectivity index (χ0v) is 21.1. The molecule has 0 radical (unpaired) electrons. The zero-order valence-electron chi connectivity index (χ0n) is 19.5. The Hall–Kier alpha value is -2.87. The predicted molar refractivity (Wildman–Crippen MR) is 138 cm³/mol. The highest BCUT2D eigenvalue weighted by Gasteiger charge is 2.22. The van der Waals surface area contributed by atoms with E-state index >= 15 is 0 Å². The zero-order chi connectivity index (χ0) is 24.3. The summed E-state index contributed by atoms with van der Waals surface area (Å²) in [4.78, 5) is 32.2. The molecule has 3 amide bonds. The summed E-state index contributed by atoms with van der Waals surface area (Å²) in [6.45, 7) is 3.90.